The van der Waals surface area contributed by atoms with Crippen LogP contribution in [0.2, 0.25) is 0 Å². The average Bonchev–Trinajstić information content (AvgIpc) is 2.98. The molecular formula is C19H24F2N4O. The number of aryl methyl sites for hydroxylation is 2. The maximum Gasteiger partial charge on any atom is 0.280 e. The number of benzene rings is 1. The van der Waals surface area contributed by atoms with Gasteiger partial charge in [-0.2, -0.15) is 5.10 Å². The van der Waals surface area contributed by atoms with Crippen LogP contribution in [0.4, 0.5) is 8.78 Å². The Labute approximate surface area is 152 Å². The minimum absolute atomic E-state index is 0.134. The van der Waals surface area contributed by atoms with Gasteiger partial charge in [0, 0.05) is 32.7 Å². The van der Waals surface area contributed by atoms with E-state index >= 15 is 0 Å². The highest BCUT2D eigenvalue weighted by molar-refractivity contribution is 5.76. The maximum absolute atomic E-state index is 13.0. The Bertz CT molecular complexity index is 767. The zero-order valence-electron chi connectivity index (χ0n) is 15.2. The number of hydrogen-bond donors (Lipinski definition) is 0. The normalized spacial score (nSPS) is 15.7. The highest BCUT2D eigenvalue weighted by Gasteiger charge is 2.24. The van der Waals surface area contributed by atoms with Crippen molar-refractivity contribution in [3.05, 3.63) is 52.8 Å². The fourth-order valence-corrected chi connectivity index (χ4v) is 3.28. The monoisotopic (exact) mass is 362 g/mol. The molecule has 140 valence electrons. The molecule has 5 nitrogen and oxygen atoms in total. The molecule has 0 unspecified atom stereocenters. The second-order valence-electron chi connectivity index (χ2n) is 6.75. The Morgan fingerprint density at radius 1 is 1.15 bits per heavy atom. The molecule has 0 aliphatic carbocycles. The average molecular weight is 362 g/mol. The molecule has 0 bridgehead atoms. The molecule has 1 fully saturated rings. The Morgan fingerprint density at radius 2 is 1.85 bits per heavy atom. The molecule has 1 amide bonds. The van der Waals surface area contributed by atoms with Crippen LogP contribution in [-0.2, 0) is 17.9 Å². The minimum Gasteiger partial charge on any atom is -0.339 e. The van der Waals surface area contributed by atoms with E-state index in [2.05, 4.69) is 29.1 Å². The molecule has 0 saturated carbocycles. The van der Waals surface area contributed by atoms with E-state index in [4.69, 9.17) is 0 Å². The Balaban J connectivity index is 1.55. The van der Waals surface area contributed by atoms with E-state index in [1.807, 2.05) is 12.1 Å². The van der Waals surface area contributed by atoms with Gasteiger partial charge in [0.1, 0.15) is 12.2 Å². The summed E-state index contributed by atoms with van der Waals surface area (Å²) in [6.45, 7) is 7.25. The standard InChI is InChI=1S/C19H24F2N4O/c1-14-5-3-4-6-16(14)12-23-7-9-24(10-8-23)18(26)13-25-17(19(20)21)11-15(2)22-25/h3-6,11,19H,7-10,12-13H2,1-2H3. The summed E-state index contributed by atoms with van der Waals surface area (Å²) in [5.41, 5.74) is 2.85. The largest absolute Gasteiger partial charge is 0.339 e. The van der Waals surface area contributed by atoms with Crippen LogP contribution in [-0.4, -0.2) is 51.7 Å². The number of carbonyl (C=O) groups excluding carboxylic acids is 1. The van der Waals surface area contributed by atoms with Gasteiger partial charge in [-0.3, -0.25) is 14.4 Å². The van der Waals surface area contributed by atoms with Gasteiger partial charge in [0.2, 0.25) is 5.91 Å². The lowest BCUT2D eigenvalue weighted by Gasteiger charge is -2.35. The molecule has 7 heteroatoms. The van der Waals surface area contributed by atoms with Crippen molar-refractivity contribution in [2.45, 2.75) is 33.4 Å². The van der Waals surface area contributed by atoms with E-state index in [1.54, 1.807) is 11.8 Å². The van der Waals surface area contributed by atoms with Gasteiger partial charge < -0.3 is 4.90 Å². The zero-order chi connectivity index (χ0) is 18.7. The molecule has 1 aromatic carbocycles. The lowest BCUT2D eigenvalue weighted by atomic mass is 10.1. The van der Waals surface area contributed by atoms with Gasteiger partial charge in [-0.1, -0.05) is 24.3 Å². The van der Waals surface area contributed by atoms with Gasteiger partial charge in [-0.15, -0.1) is 0 Å². The van der Waals surface area contributed by atoms with Gasteiger partial charge in [0.05, 0.1) is 5.69 Å². The number of aromatic nitrogens is 2. The molecule has 1 aliphatic heterocycles. The molecule has 0 spiro atoms. The predicted molar refractivity (Wildman–Crippen MR) is 95.0 cm³/mol. The number of halogens is 2. The van der Waals surface area contributed by atoms with Crippen molar-refractivity contribution in [3.8, 4) is 0 Å². The van der Waals surface area contributed by atoms with Crippen molar-refractivity contribution in [1.82, 2.24) is 19.6 Å². The molecule has 0 radical (unpaired) electrons. The third-order valence-electron chi connectivity index (χ3n) is 4.82. The van der Waals surface area contributed by atoms with Gasteiger partial charge in [0.15, 0.2) is 0 Å². The van der Waals surface area contributed by atoms with Gasteiger partial charge >= 0.3 is 0 Å². The second-order valence-corrected chi connectivity index (χ2v) is 6.75. The summed E-state index contributed by atoms with van der Waals surface area (Å²) >= 11 is 0. The van der Waals surface area contributed by atoms with Gasteiger partial charge in [-0.05, 0) is 31.0 Å². The van der Waals surface area contributed by atoms with E-state index < -0.39 is 6.43 Å². The van der Waals surface area contributed by atoms with Crippen LogP contribution in [0, 0.1) is 13.8 Å². The molecule has 26 heavy (non-hydrogen) atoms. The predicted octanol–water partition coefficient (Wildman–Crippen LogP) is 2.78. The summed E-state index contributed by atoms with van der Waals surface area (Å²) in [6.07, 6.45) is -2.63. The first-order valence-electron chi connectivity index (χ1n) is 8.81. The summed E-state index contributed by atoms with van der Waals surface area (Å²) in [7, 11) is 0. The number of nitrogens with zero attached hydrogens (tertiary/aromatic N) is 4. The summed E-state index contributed by atoms with van der Waals surface area (Å²) < 4.78 is 27.2. The van der Waals surface area contributed by atoms with E-state index in [0.717, 1.165) is 24.3 Å². The van der Waals surface area contributed by atoms with E-state index in [1.165, 1.54) is 17.2 Å². The van der Waals surface area contributed by atoms with Crippen molar-refractivity contribution in [1.29, 1.82) is 0 Å². The fourth-order valence-electron chi connectivity index (χ4n) is 3.28. The summed E-state index contributed by atoms with van der Waals surface area (Å²) in [6, 6.07) is 9.62. The van der Waals surface area contributed by atoms with Crippen LogP contribution in [0.1, 0.15) is 28.9 Å². The highest BCUT2D eigenvalue weighted by Crippen LogP contribution is 2.20. The van der Waals surface area contributed by atoms with Crippen LogP contribution in [0.15, 0.2) is 30.3 Å². The lowest BCUT2D eigenvalue weighted by molar-refractivity contribution is -0.134. The molecule has 2 heterocycles. The molecule has 3 rings (SSSR count). The second kappa shape index (κ2) is 7.95. The molecule has 0 N–H and O–H groups in total. The topological polar surface area (TPSA) is 41.4 Å². The van der Waals surface area contributed by atoms with Crippen molar-refractivity contribution < 1.29 is 13.6 Å². The maximum atomic E-state index is 13.0. The molecule has 1 aliphatic rings. The van der Waals surface area contributed by atoms with Crippen LogP contribution in [0.3, 0.4) is 0 Å². The SMILES string of the molecule is Cc1cc(C(F)F)n(CC(=O)N2CCN(Cc3ccccc3C)CC2)n1. The summed E-state index contributed by atoms with van der Waals surface area (Å²) in [4.78, 5) is 16.5. The van der Waals surface area contributed by atoms with Crippen LogP contribution in [0.5, 0.6) is 0 Å². The fraction of sp³-hybridized carbons (Fsp3) is 0.474. The van der Waals surface area contributed by atoms with E-state index in [-0.39, 0.29) is 18.1 Å². The van der Waals surface area contributed by atoms with Gasteiger partial charge in [0.25, 0.3) is 6.43 Å². The van der Waals surface area contributed by atoms with Crippen molar-refractivity contribution in [2.24, 2.45) is 0 Å². The minimum atomic E-state index is -2.63. The molecule has 0 atom stereocenters. The first-order valence-corrected chi connectivity index (χ1v) is 8.81. The van der Waals surface area contributed by atoms with E-state index in [9.17, 15) is 13.6 Å². The van der Waals surface area contributed by atoms with Crippen LogP contribution < -0.4 is 0 Å². The van der Waals surface area contributed by atoms with Gasteiger partial charge in [-0.25, -0.2) is 8.78 Å². The van der Waals surface area contributed by atoms with E-state index in [0.29, 0.717) is 18.8 Å². The van der Waals surface area contributed by atoms with Crippen LogP contribution >= 0.6 is 0 Å². The highest BCUT2D eigenvalue weighted by atomic mass is 19.3. The summed E-state index contributed by atoms with van der Waals surface area (Å²) in [5, 5.41) is 4.03. The number of amides is 1. The summed E-state index contributed by atoms with van der Waals surface area (Å²) in [5.74, 6) is -0.162. The van der Waals surface area contributed by atoms with Crippen molar-refractivity contribution in [3.63, 3.8) is 0 Å². The smallest absolute Gasteiger partial charge is 0.280 e. The number of piperazine rings is 1. The molecule has 1 aromatic heterocycles. The Hall–Kier alpha value is -2.28. The number of hydrogen-bond acceptors (Lipinski definition) is 3. The van der Waals surface area contributed by atoms with Crippen LogP contribution in [0.25, 0.3) is 0 Å². The van der Waals surface area contributed by atoms with Crippen molar-refractivity contribution in [2.75, 3.05) is 26.2 Å². The lowest BCUT2D eigenvalue weighted by Crippen LogP contribution is -2.49. The molecular weight excluding hydrogens is 338 g/mol. The molecule has 1 saturated heterocycles. The Morgan fingerprint density at radius 3 is 2.50 bits per heavy atom. The first kappa shape index (κ1) is 18.5. The third kappa shape index (κ3) is 4.27. The number of carbonyl (C=O) groups is 1. The molecule has 2 aromatic rings. The first-order chi connectivity index (χ1) is 12.4. The Kier molecular flexibility index (Phi) is 5.66. The number of alkyl halides is 2. The van der Waals surface area contributed by atoms with Crippen molar-refractivity contribution >= 4 is 5.91 Å². The zero-order valence-corrected chi connectivity index (χ0v) is 15.2. The third-order valence-corrected chi connectivity index (χ3v) is 4.82. The number of rotatable bonds is 5. The quantitative estimate of drug-likeness (QED) is 0.821.